The van der Waals surface area contributed by atoms with Gasteiger partial charge in [0.1, 0.15) is 0 Å². The Kier molecular flexibility index (Phi) is 5.76. The fourth-order valence-corrected chi connectivity index (χ4v) is 4.77. The van der Waals surface area contributed by atoms with E-state index in [0.29, 0.717) is 13.1 Å². The van der Waals surface area contributed by atoms with E-state index in [4.69, 9.17) is 4.74 Å². The molecule has 1 amide bonds. The Morgan fingerprint density at radius 2 is 1.79 bits per heavy atom. The van der Waals surface area contributed by atoms with Crippen molar-refractivity contribution < 1.29 is 9.53 Å². The summed E-state index contributed by atoms with van der Waals surface area (Å²) < 4.78 is 7.05. The molecular formula is C23H26N2O2S. The van der Waals surface area contributed by atoms with Crippen LogP contribution in [0.3, 0.4) is 0 Å². The van der Waals surface area contributed by atoms with E-state index in [1.807, 2.05) is 43.0 Å². The average Bonchev–Trinajstić information content (AvgIpc) is 3.10. The van der Waals surface area contributed by atoms with E-state index in [9.17, 15) is 4.79 Å². The average molecular weight is 395 g/mol. The topological polar surface area (TPSA) is 41.6 Å². The Hall–Kier alpha value is -2.21. The first kappa shape index (κ1) is 19.1. The molecule has 0 bridgehead atoms. The lowest BCUT2D eigenvalue weighted by Crippen LogP contribution is -2.48. The Morgan fingerprint density at radius 1 is 1.07 bits per heavy atom. The summed E-state index contributed by atoms with van der Waals surface area (Å²) in [6.45, 7) is 6.96. The summed E-state index contributed by atoms with van der Waals surface area (Å²) in [5.74, 6) is 0.0891. The van der Waals surface area contributed by atoms with Crippen LogP contribution in [0.15, 0.2) is 53.9 Å². The molecular weight excluding hydrogens is 368 g/mol. The molecule has 1 fully saturated rings. The summed E-state index contributed by atoms with van der Waals surface area (Å²) in [7, 11) is 0. The molecule has 3 aromatic rings. The van der Waals surface area contributed by atoms with E-state index >= 15 is 0 Å². The molecule has 1 aliphatic rings. The zero-order valence-corrected chi connectivity index (χ0v) is 17.2. The fraction of sp³-hybridized carbons (Fsp3) is 0.348. The first-order valence-corrected chi connectivity index (χ1v) is 10.7. The maximum Gasteiger partial charge on any atom is 0.254 e. The van der Waals surface area contributed by atoms with Gasteiger partial charge in [0.25, 0.3) is 5.91 Å². The van der Waals surface area contributed by atoms with Gasteiger partial charge in [-0.2, -0.15) is 0 Å². The van der Waals surface area contributed by atoms with E-state index in [1.165, 1.54) is 21.2 Å². The SMILES string of the molecule is CC1CN(C(=O)c2ccc(CNCc3csc4ccccc34)cc2)CC(C)O1. The lowest BCUT2D eigenvalue weighted by Gasteiger charge is -2.35. The van der Waals surface area contributed by atoms with Gasteiger partial charge >= 0.3 is 0 Å². The summed E-state index contributed by atoms with van der Waals surface area (Å²) in [4.78, 5) is 14.6. The zero-order chi connectivity index (χ0) is 19.5. The van der Waals surface area contributed by atoms with Crippen molar-refractivity contribution in [3.05, 3.63) is 70.6 Å². The monoisotopic (exact) mass is 394 g/mol. The Balaban J connectivity index is 1.34. The number of thiophene rings is 1. The van der Waals surface area contributed by atoms with E-state index < -0.39 is 0 Å². The van der Waals surface area contributed by atoms with Crippen LogP contribution in [0.1, 0.15) is 35.3 Å². The number of hydrogen-bond donors (Lipinski definition) is 1. The van der Waals surface area contributed by atoms with Crippen LogP contribution in [-0.4, -0.2) is 36.1 Å². The highest BCUT2D eigenvalue weighted by molar-refractivity contribution is 7.17. The third-order valence-electron chi connectivity index (χ3n) is 5.11. The second kappa shape index (κ2) is 8.43. The number of nitrogens with one attached hydrogen (secondary N) is 1. The number of morpholine rings is 1. The van der Waals surface area contributed by atoms with Gasteiger partial charge in [-0.25, -0.2) is 0 Å². The maximum absolute atomic E-state index is 12.8. The summed E-state index contributed by atoms with van der Waals surface area (Å²) in [6.07, 6.45) is 0.175. The van der Waals surface area contributed by atoms with Crippen LogP contribution in [0.5, 0.6) is 0 Å². The van der Waals surface area contributed by atoms with Gasteiger partial charge < -0.3 is 15.0 Å². The predicted octanol–water partition coefficient (Wildman–Crippen LogP) is 4.44. The zero-order valence-electron chi connectivity index (χ0n) is 16.4. The molecule has 2 heterocycles. The van der Waals surface area contributed by atoms with Crippen LogP contribution in [0.4, 0.5) is 0 Å². The number of carbonyl (C=O) groups is 1. The number of amides is 1. The molecule has 28 heavy (non-hydrogen) atoms. The summed E-state index contributed by atoms with van der Waals surface area (Å²) in [5.41, 5.74) is 3.26. The van der Waals surface area contributed by atoms with E-state index in [1.54, 1.807) is 11.3 Å². The highest BCUT2D eigenvalue weighted by Gasteiger charge is 2.26. The van der Waals surface area contributed by atoms with Gasteiger partial charge in [0.2, 0.25) is 0 Å². The van der Waals surface area contributed by atoms with E-state index in [-0.39, 0.29) is 18.1 Å². The van der Waals surface area contributed by atoms with Gasteiger partial charge in [-0.1, -0.05) is 30.3 Å². The minimum absolute atomic E-state index is 0.0874. The number of rotatable bonds is 5. The van der Waals surface area contributed by atoms with Crippen molar-refractivity contribution >= 4 is 27.3 Å². The first-order valence-electron chi connectivity index (χ1n) is 9.79. The van der Waals surface area contributed by atoms with Crippen LogP contribution in [-0.2, 0) is 17.8 Å². The Labute approximate surface area is 170 Å². The van der Waals surface area contributed by atoms with Crippen LogP contribution in [0, 0.1) is 0 Å². The minimum Gasteiger partial charge on any atom is -0.372 e. The number of nitrogens with zero attached hydrogens (tertiary/aromatic N) is 1. The molecule has 2 unspecified atom stereocenters. The Bertz CT molecular complexity index is 941. The smallest absolute Gasteiger partial charge is 0.254 e. The molecule has 1 aliphatic heterocycles. The molecule has 5 heteroatoms. The van der Waals surface area contributed by atoms with Crippen molar-refractivity contribution in [2.45, 2.75) is 39.1 Å². The highest BCUT2D eigenvalue weighted by atomic mass is 32.1. The summed E-state index contributed by atoms with van der Waals surface area (Å²) in [6, 6.07) is 16.5. The number of carbonyl (C=O) groups excluding carboxylic acids is 1. The van der Waals surface area contributed by atoms with Crippen molar-refractivity contribution in [1.29, 1.82) is 0 Å². The van der Waals surface area contributed by atoms with Crippen molar-refractivity contribution in [3.8, 4) is 0 Å². The van der Waals surface area contributed by atoms with Crippen LogP contribution < -0.4 is 5.32 Å². The molecule has 4 nitrogen and oxygen atoms in total. The second-order valence-electron chi connectivity index (χ2n) is 7.53. The van der Waals surface area contributed by atoms with Crippen molar-refractivity contribution in [1.82, 2.24) is 10.2 Å². The molecule has 0 aliphatic carbocycles. The van der Waals surface area contributed by atoms with Gasteiger partial charge in [0.15, 0.2) is 0 Å². The third kappa shape index (κ3) is 4.27. The quantitative estimate of drug-likeness (QED) is 0.696. The van der Waals surface area contributed by atoms with Crippen molar-refractivity contribution in [2.75, 3.05) is 13.1 Å². The van der Waals surface area contributed by atoms with Gasteiger partial charge in [-0.3, -0.25) is 4.79 Å². The van der Waals surface area contributed by atoms with Crippen molar-refractivity contribution in [3.63, 3.8) is 0 Å². The van der Waals surface area contributed by atoms with Gasteiger partial charge in [-0.15, -0.1) is 11.3 Å². The van der Waals surface area contributed by atoms with Gasteiger partial charge in [0, 0.05) is 36.4 Å². The normalized spacial score (nSPS) is 19.9. The molecule has 1 N–H and O–H groups in total. The summed E-state index contributed by atoms with van der Waals surface area (Å²) >= 11 is 1.79. The fourth-order valence-electron chi connectivity index (χ4n) is 3.80. The standard InChI is InChI=1S/C23H26N2O2S/c1-16-13-25(14-17(2)27-16)23(26)19-9-7-18(8-10-19)11-24-12-20-15-28-22-6-4-3-5-21(20)22/h3-10,15-17,24H,11-14H2,1-2H3. The Morgan fingerprint density at radius 3 is 2.54 bits per heavy atom. The molecule has 0 radical (unpaired) electrons. The molecule has 2 atom stereocenters. The third-order valence-corrected chi connectivity index (χ3v) is 6.13. The predicted molar refractivity (Wildman–Crippen MR) is 115 cm³/mol. The molecule has 146 valence electrons. The van der Waals surface area contributed by atoms with Crippen LogP contribution >= 0.6 is 11.3 Å². The highest BCUT2D eigenvalue weighted by Crippen LogP contribution is 2.25. The number of hydrogen-bond acceptors (Lipinski definition) is 4. The molecule has 2 aromatic carbocycles. The molecule has 1 aromatic heterocycles. The number of ether oxygens (including phenoxy) is 1. The second-order valence-corrected chi connectivity index (χ2v) is 8.44. The molecule has 4 rings (SSSR count). The van der Waals surface area contributed by atoms with Crippen molar-refractivity contribution in [2.24, 2.45) is 0 Å². The maximum atomic E-state index is 12.8. The largest absolute Gasteiger partial charge is 0.372 e. The van der Waals surface area contributed by atoms with Gasteiger partial charge in [0.05, 0.1) is 12.2 Å². The molecule has 1 saturated heterocycles. The molecule has 0 spiro atoms. The first-order chi connectivity index (χ1) is 13.6. The number of fused-ring (bicyclic) bond motifs is 1. The van der Waals surface area contributed by atoms with E-state index in [0.717, 1.165) is 18.7 Å². The molecule has 0 saturated carbocycles. The summed E-state index contributed by atoms with van der Waals surface area (Å²) in [5, 5.41) is 7.07. The lowest BCUT2D eigenvalue weighted by atomic mass is 10.1. The number of benzene rings is 2. The van der Waals surface area contributed by atoms with Crippen LogP contribution in [0.2, 0.25) is 0 Å². The lowest BCUT2D eigenvalue weighted by molar-refractivity contribution is -0.0586. The van der Waals surface area contributed by atoms with E-state index in [2.05, 4.69) is 35.0 Å². The van der Waals surface area contributed by atoms with Gasteiger partial charge in [-0.05, 0) is 53.9 Å². The minimum atomic E-state index is 0.0874. The van der Waals surface area contributed by atoms with Crippen LogP contribution in [0.25, 0.3) is 10.1 Å².